The molecule has 0 aliphatic carbocycles. The highest BCUT2D eigenvalue weighted by molar-refractivity contribution is 5.95. The summed E-state index contributed by atoms with van der Waals surface area (Å²) < 4.78 is 11.2. The van der Waals surface area contributed by atoms with Crippen LogP contribution in [0.1, 0.15) is 37.0 Å². The Balaban J connectivity index is 0.00000242. The minimum atomic E-state index is -0.0632. The molecule has 2 N–H and O–H groups in total. The number of rotatable bonds is 7. The van der Waals surface area contributed by atoms with Crippen LogP contribution in [0.25, 0.3) is 0 Å². The van der Waals surface area contributed by atoms with Crippen molar-refractivity contribution in [2.24, 2.45) is 0 Å². The Labute approximate surface area is 138 Å². The van der Waals surface area contributed by atoms with Gasteiger partial charge in [0, 0.05) is 18.2 Å². The quantitative estimate of drug-likeness (QED) is 0.807. The van der Waals surface area contributed by atoms with Crippen LogP contribution in [-0.4, -0.2) is 38.3 Å². The number of benzene rings is 1. The second kappa shape index (κ2) is 9.54. The van der Waals surface area contributed by atoms with Gasteiger partial charge in [0.15, 0.2) is 11.5 Å². The van der Waals surface area contributed by atoms with Crippen molar-refractivity contribution in [2.45, 2.75) is 32.7 Å². The van der Waals surface area contributed by atoms with Gasteiger partial charge in [0.25, 0.3) is 5.91 Å². The summed E-state index contributed by atoms with van der Waals surface area (Å²) in [5.74, 6) is 1.26. The molecule has 1 unspecified atom stereocenters. The number of carbonyl (C=O) groups excluding carboxylic acids is 1. The summed E-state index contributed by atoms with van der Waals surface area (Å²) in [6.45, 7) is 6.94. The molecule has 1 heterocycles. The normalized spacial score (nSPS) is 16.7. The maximum absolute atomic E-state index is 12.2. The number of nitrogens with one attached hydrogen (secondary N) is 2. The minimum absolute atomic E-state index is 0. The molecule has 0 spiro atoms. The molecule has 124 valence electrons. The molecule has 2 rings (SSSR count). The SMILES string of the molecule is CCCOc1ccc(C(=O)NC2CCNC2)cc1OCC.Cl. The molecule has 1 aromatic carbocycles. The van der Waals surface area contributed by atoms with E-state index in [-0.39, 0.29) is 24.4 Å². The van der Waals surface area contributed by atoms with Crippen LogP contribution in [0.4, 0.5) is 0 Å². The van der Waals surface area contributed by atoms with Gasteiger partial charge in [-0.1, -0.05) is 6.92 Å². The summed E-state index contributed by atoms with van der Waals surface area (Å²) in [6.07, 6.45) is 1.91. The summed E-state index contributed by atoms with van der Waals surface area (Å²) in [5, 5.41) is 6.26. The molecule has 1 aliphatic heterocycles. The molecule has 0 bridgehead atoms. The Morgan fingerprint density at radius 2 is 2.14 bits per heavy atom. The van der Waals surface area contributed by atoms with Gasteiger partial charge < -0.3 is 20.1 Å². The van der Waals surface area contributed by atoms with E-state index in [9.17, 15) is 4.79 Å². The first-order valence-corrected chi connectivity index (χ1v) is 7.65. The average Bonchev–Trinajstić information content (AvgIpc) is 2.99. The maximum atomic E-state index is 12.2. The van der Waals surface area contributed by atoms with Gasteiger partial charge in [-0.15, -0.1) is 12.4 Å². The Hall–Kier alpha value is -1.46. The first-order valence-electron chi connectivity index (χ1n) is 7.65. The lowest BCUT2D eigenvalue weighted by atomic mass is 10.1. The second-order valence-corrected chi connectivity index (χ2v) is 5.11. The summed E-state index contributed by atoms with van der Waals surface area (Å²) in [5.41, 5.74) is 0.606. The Morgan fingerprint density at radius 1 is 1.32 bits per heavy atom. The Bertz CT molecular complexity index is 476. The van der Waals surface area contributed by atoms with E-state index in [0.717, 1.165) is 25.9 Å². The van der Waals surface area contributed by atoms with E-state index in [0.29, 0.717) is 30.3 Å². The lowest BCUT2D eigenvalue weighted by Gasteiger charge is -2.14. The predicted octanol–water partition coefficient (Wildman–Crippen LogP) is 2.39. The van der Waals surface area contributed by atoms with E-state index in [2.05, 4.69) is 17.6 Å². The van der Waals surface area contributed by atoms with Gasteiger partial charge in [0.05, 0.1) is 13.2 Å². The highest BCUT2D eigenvalue weighted by Gasteiger charge is 2.18. The van der Waals surface area contributed by atoms with Crippen LogP contribution in [0.5, 0.6) is 11.5 Å². The fourth-order valence-electron chi connectivity index (χ4n) is 2.30. The number of ether oxygens (including phenoxy) is 2. The topological polar surface area (TPSA) is 59.6 Å². The van der Waals surface area contributed by atoms with E-state index >= 15 is 0 Å². The van der Waals surface area contributed by atoms with Crippen LogP contribution in [0.2, 0.25) is 0 Å². The first kappa shape index (κ1) is 18.6. The fraction of sp³-hybridized carbons (Fsp3) is 0.562. The van der Waals surface area contributed by atoms with E-state index in [1.54, 1.807) is 12.1 Å². The largest absolute Gasteiger partial charge is 0.490 e. The molecule has 1 amide bonds. The summed E-state index contributed by atoms with van der Waals surface area (Å²) in [6, 6.07) is 5.56. The molecule has 5 nitrogen and oxygen atoms in total. The molecular weight excluding hydrogens is 304 g/mol. The van der Waals surface area contributed by atoms with Gasteiger partial charge in [-0.3, -0.25) is 4.79 Å². The number of carbonyl (C=O) groups is 1. The van der Waals surface area contributed by atoms with Gasteiger partial charge in [0.2, 0.25) is 0 Å². The average molecular weight is 329 g/mol. The number of amides is 1. The predicted molar refractivity (Wildman–Crippen MR) is 89.4 cm³/mol. The fourth-order valence-corrected chi connectivity index (χ4v) is 2.30. The first-order chi connectivity index (χ1) is 10.2. The van der Waals surface area contributed by atoms with Crippen molar-refractivity contribution in [1.82, 2.24) is 10.6 Å². The molecular formula is C16H25ClN2O3. The molecule has 1 fully saturated rings. The van der Waals surface area contributed by atoms with Gasteiger partial charge in [0.1, 0.15) is 0 Å². The molecule has 1 aromatic rings. The molecule has 0 radical (unpaired) electrons. The highest BCUT2D eigenvalue weighted by Crippen LogP contribution is 2.28. The van der Waals surface area contributed by atoms with E-state index < -0.39 is 0 Å². The standard InChI is InChI=1S/C16H24N2O3.ClH/c1-3-9-21-14-6-5-12(10-15(14)20-4-2)16(19)18-13-7-8-17-11-13;/h5-6,10,13,17H,3-4,7-9,11H2,1-2H3,(H,18,19);1H. The van der Waals surface area contributed by atoms with E-state index in [4.69, 9.17) is 9.47 Å². The Morgan fingerprint density at radius 3 is 2.77 bits per heavy atom. The van der Waals surface area contributed by atoms with Crippen LogP contribution in [0.3, 0.4) is 0 Å². The van der Waals surface area contributed by atoms with Crippen molar-refractivity contribution in [3.8, 4) is 11.5 Å². The molecule has 0 saturated carbocycles. The van der Waals surface area contributed by atoms with Gasteiger partial charge in [-0.25, -0.2) is 0 Å². The van der Waals surface area contributed by atoms with Crippen LogP contribution in [-0.2, 0) is 0 Å². The smallest absolute Gasteiger partial charge is 0.251 e. The molecule has 0 aromatic heterocycles. The van der Waals surface area contributed by atoms with Gasteiger partial charge in [-0.05, 0) is 44.5 Å². The van der Waals surface area contributed by atoms with Crippen molar-refractivity contribution in [3.63, 3.8) is 0 Å². The van der Waals surface area contributed by atoms with E-state index in [1.807, 2.05) is 13.0 Å². The van der Waals surface area contributed by atoms with Crippen molar-refractivity contribution in [2.75, 3.05) is 26.3 Å². The van der Waals surface area contributed by atoms with Crippen LogP contribution in [0, 0.1) is 0 Å². The lowest BCUT2D eigenvalue weighted by Crippen LogP contribution is -2.36. The second-order valence-electron chi connectivity index (χ2n) is 5.11. The summed E-state index contributed by atoms with van der Waals surface area (Å²) in [7, 11) is 0. The lowest BCUT2D eigenvalue weighted by molar-refractivity contribution is 0.0939. The van der Waals surface area contributed by atoms with Crippen molar-refractivity contribution < 1.29 is 14.3 Å². The zero-order chi connectivity index (χ0) is 15.1. The number of halogens is 1. The van der Waals surface area contributed by atoms with Crippen LogP contribution < -0.4 is 20.1 Å². The summed E-state index contributed by atoms with van der Waals surface area (Å²) in [4.78, 5) is 12.2. The van der Waals surface area contributed by atoms with Gasteiger partial charge in [-0.2, -0.15) is 0 Å². The molecule has 6 heteroatoms. The number of hydrogen-bond acceptors (Lipinski definition) is 4. The third kappa shape index (κ3) is 5.07. The third-order valence-electron chi connectivity index (χ3n) is 3.36. The minimum Gasteiger partial charge on any atom is -0.490 e. The van der Waals surface area contributed by atoms with Crippen molar-refractivity contribution >= 4 is 18.3 Å². The third-order valence-corrected chi connectivity index (χ3v) is 3.36. The van der Waals surface area contributed by atoms with Crippen LogP contribution in [0.15, 0.2) is 18.2 Å². The zero-order valence-electron chi connectivity index (χ0n) is 13.2. The van der Waals surface area contributed by atoms with Crippen LogP contribution >= 0.6 is 12.4 Å². The molecule has 1 atom stereocenters. The van der Waals surface area contributed by atoms with Crippen molar-refractivity contribution in [3.05, 3.63) is 23.8 Å². The maximum Gasteiger partial charge on any atom is 0.251 e. The highest BCUT2D eigenvalue weighted by atomic mass is 35.5. The molecule has 22 heavy (non-hydrogen) atoms. The molecule has 1 aliphatic rings. The zero-order valence-corrected chi connectivity index (χ0v) is 14.0. The monoisotopic (exact) mass is 328 g/mol. The van der Waals surface area contributed by atoms with Gasteiger partial charge >= 0.3 is 0 Å². The Kier molecular flexibility index (Phi) is 8.06. The van der Waals surface area contributed by atoms with E-state index in [1.165, 1.54) is 0 Å². The van der Waals surface area contributed by atoms with Crippen molar-refractivity contribution in [1.29, 1.82) is 0 Å². The summed E-state index contributed by atoms with van der Waals surface area (Å²) >= 11 is 0. The number of hydrogen-bond donors (Lipinski definition) is 2. The molecule has 1 saturated heterocycles.